The summed E-state index contributed by atoms with van der Waals surface area (Å²) in [5, 5.41) is 0.750. The number of hydrogen-bond acceptors (Lipinski definition) is 6. The Balaban J connectivity index is 2.00. The summed E-state index contributed by atoms with van der Waals surface area (Å²) in [7, 11) is -0.604. The van der Waals surface area contributed by atoms with E-state index in [0.717, 1.165) is 36.9 Å². The number of aryl methyl sites for hydroxylation is 1. The molecule has 0 bridgehead atoms. The van der Waals surface area contributed by atoms with Gasteiger partial charge in [-0.3, -0.25) is 4.98 Å². The van der Waals surface area contributed by atoms with Crippen LogP contribution in [0.25, 0.3) is 10.9 Å². The maximum atomic E-state index is 13.7. The molecule has 1 fully saturated rings. The Bertz CT molecular complexity index is 1210. The van der Waals surface area contributed by atoms with Gasteiger partial charge in [-0.05, 0) is 43.9 Å². The lowest BCUT2D eigenvalue weighted by molar-refractivity contribution is 0.355. The van der Waals surface area contributed by atoms with Crippen molar-refractivity contribution in [2.75, 3.05) is 32.2 Å². The third-order valence-electron chi connectivity index (χ3n) is 5.91. The van der Waals surface area contributed by atoms with E-state index in [1.165, 1.54) is 6.20 Å². The first-order valence-corrected chi connectivity index (χ1v) is 11.9. The van der Waals surface area contributed by atoms with E-state index in [-0.39, 0.29) is 9.79 Å². The largest absolute Gasteiger partial charge is 0.493 e. The zero-order valence-electron chi connectivity index (χ0n) is 18.4. The molecule has 6 nitrogen and oxygen atoms in total. The van der Waals surface area contributed by atoms with Gasteiger partial charge in [0.1, 0.15) is 4.90 Å². The van der Waals surface area contributed by atoms with E-state index in [9.17, 15) is 8.42 Å². The molecule has 0 amide bonds. The van der Waals surface area contributed by atoms with Crippen molar-refractivity contribution in [3.05, 3.63) is 48.2 Å². The molecule has 3 aromatic rings. The molecule has 0 radical (unpaired) electrons. The summed E-state index contributed by atoms with van der Waals surface area (Å²) in [4.78, 5) is 7.19. The molecule has 0 spiro atoms. The summed E-state index contributed by atoms with van der Waals surface area (Å²) in [5.41, 5.74) is 2.38. The predicted octanol–water partition coefficient (Wildman–Crippen LogP) is 4.63. The number of benzene rings is 2. The molecule has 2 heterocycles. The molecule has 164 valence electrons. The molecular weight excluding hydrogens is 412 g/mol. The molecule has 7 heteroatoms. The predicted molar refractivity (Wildman–Crippen MR) is 122 cm³/mol. The average molecular weight is 441 g/mol. The van der Waals surface area contributed by atoms with E-state index in [1.807, 2.05) is 25.1 Å². The lowest BCUT2D eigenvalue weighted by atomic mass is 9.99. The molecule has 1 atom stereocenters. The van der Waals surface area contributed by atoms with Crippen LogP contribution in [0, 0.1) is 12.8 Å². The first kappa shape index (κ1) is 21.4. The molecule has 1 saturated heterocycles. The average Bonchev–Trinajstić information content (AvgIpc) is 2.77. The molecule has 1 aliphatic rings. The van der Waals surface area contributed by atoms with Crippen LogP contribution in [0.2, 0.25) is 0 Å². The van der Waals surface area contributed by atoms with Crippen LogP contribution in [-0.2, 0) is 9.84 Å². The summed E-state index contributed by atoms with van der Waals surface area (Å²) >= 11 is 0. The summed E-state index contributed by atoms with van der Waals surface area (Å²) in [6.45, 7) is 5.74. The zero-order valence-corrected chi connectivity index (χ0v) is 19.2. The van der Waals surface area contributed by atoms with Gasteiger partial charge in [-0.25, -0.2) is 8.42 Å². The van der Waals surface area contributed by atoms with Crippen molar-refractivity contribution in [1.82, 2.24) is 4.98 Å². The molecule has 1 aliphatic heterocycles. The van der Waals surface area contributed by atoms with Gasteiger partial charge in [0.2, 0.25) is 9.84 Å². The van der Waals surface area contributed by atoms with Gasteiger partial charge in [0, 0.05) is 30.7 Å². The minimum Gasteiger partial charge on any atom is -0.493 e. The summed E-state index contributed by atoms with van der Waals surface area (Å²) in [5.74, 6) is 1.59. The van der Waals surface area contributed by atoms with Crippen LogP contribution < -0.4 is 14.4 Å². The Hall–Kier alpha value is -2.80. The zero-order chi connectivity index (χ0) is 22.2. The highest BCUT2D eigenvalue weighted by atomic mass is 32.2. The van der Waals surface area contributed by atoms with Crippen molar-refractivity contribution >= 4 is 26.4 Å². The topological polar surface area (TPSA) is 68.7 Å². The fraction of sp³-hybridized carbons (Fsp3) is 0.375. The second kappa shape index (κ2) is 8.38. The highest BCUT2D eigenvalue weighted by Gasteiger charge is 2.29. The minimum absolute atomic E-state index is 0.227. The quantitative estimate of drug-likeness (QED) is 0.576. The molecule has 0 N–H and O–H groups in total. The van der Waals surface area contributed by atoms with Crippen molar-refractivity contribution in [1.29, 1.82) is 0 Å². The maximum Gasteiger partial charge on any atom is 0.210 e. The Morgan fingerprint density at radius 1 is 1.06 bits per heavy atom. The fourth-order valence-electron chi connectivity index (χ4n) is 4.25. The Morgan fingerprint density at radius 2 is 1.74 bits per heavy atom. The lowest BCUT2D eigenvalue weighted by Gasteiger charge is -2.34. The van der Waals surface area contributed by atoms with Gasteiger partial charge in [0.25, 0.3) is 0 Å². The van der Waals surface area contributed by atoms with E-state index < -0.39 is 9.84 Å². The van der Waals surface area contributed by atoms with Crippen molar-refractivity contribution in [3.8, 4) is 11.5 Å². The van der Waals surface area contributed by atoms with Crippen LogP contribution in [0.1, 0.15) is 25.3 Å². The van der Waals surface area contributed by atoms with Crippen LogP contribution >= 0.6 is 0 Å². The number of piperidine rings is 1. The van der Waals surface area contributed by atoms with Gasteiger partial charge in [0.05, 0.1) is 30.3 Å². The monoisotopic (exact) mass is 440 g/mol. The number of rotatable bonds is 5. The number of pyridine rings is 1. The van der Waals surface area contributed by atoms with E-state index in [1.54, 1.807) is 32.4 Å². The van der Waals surface area contributed by atoms with Crippen LogP contribution in [0.3, 0.4) is 0 Å². The Morgan fingerprint density at radius 3 is 2.39 bits per heavy atom. The van der Waals surface area contributed by atoms with Gasteiger partial charge in [0.15, 0.2) is 11.5 Å². The smallest absolute Gasteiger partial charge is 0.210 e. The number of ether oxygens (including phenoxy) is 2. The first-order valence-electron chi connectivity index (χ1n) is 10.5. The standard InChI is InChI=1S/C24H28N2O4S/c1-16-7-9-18(10-8-16)31(27,28)23-14-25-20-13-22(30-4)21(29-3)12-19(20)24(23)26-11-5-6-17(2)15-26/h7-10,12-14,17H,5-6,11,15H2,1-4H3. The van der Waals surface area contributed by atoms with Gasteiger partial charge in [-0.15, -0.1) is 0 Å². The van der Waals surface area contributed by atoms with Gasteiger partial charge >= 0.3 is 0 Å². The second-order valence-electron chi connectivity index (χ2n) is 8.21. The van der Waals surface area contributed by atoms with E-state index in [4.69, 9.17) is 9.47 Å². The number of methoxy groups -OCH3 is 2. The summed E-state index contributed by atoms with van der Waals surface area (Å²) in [6.07, 6.45) is 3.64. The van der Waals surface area contributed by atoms with E-state index in [0.29, 0.717) is 28.6 Å². The maximum absolute atomic E-state index is 13.7. The number of sulfone groups is 1. The summed E-state index contributed by atoms with van der Waals surface area (Å²) < 4.78 is 38.3. The Kier molecular flexibility index (Phi) is 5.79. The highest BCUT2D eigenvalue weighted by molar-refractivity contribution is 7.91. The third kappa shape index (κ3) is 3.94. The molecule has 1 aromatic heterocycles. The summed E-state index contributed by atoms with van der Waals surface area (Å²) in [6, 6.07) is 10.6. The molecule has 0 aliphatic carbocycles. The van der Waals surface area contributed by atoms with Crippen LogP contribution in [0.5, 0.6) is 11.5 Å². The van der Waals surface area contributed by atoms with E-state index >= 15 is 0 Å². The first-order chi connectivity index (χ1) is 14.8. The van der Waals surface area contributed by atoms with Crippen LogP contribution in [0.4, 0.5) is 5.69 Å². The van der Waals surface area contributed by atoms with Crippen molar-refractivity contribution < 1.29 is 17.9 Å². The van der Waals surface area contributed by atoms with Gasteiger partial charge in [-0.1, -0.05) is 24.6 Å². The second-order valence-corrected chi connectivity index (χ2v) is 10.1. The lowest BCUT2D eigenvalue weighted by Crippen LogP contribution is -2.35. The number of hydrogen-bond donors (Lipinski definition) is 0. The molecule has 2 aromatic carbocycles. The third-order valence-corrected chi connectivity index (χ3v) is 7.68. The van der Waals surface area contributed by atoms with Gasteiger partial charge < -0.3 is 14.4 Å². The van der Waals surface area contributed by atoms with E-state index in [2.05, 4.69) is 16.8 Å². The van der Waals surface area contributed by atoms with Crippen LogP contribution in [-0.4, -0.2) is 40.7 Å². The van der Waals surface area contributed by atoms with Crippen molar-refractivity contribution in [3.63, 3.8) is 0 Å². The van der Waals surface area contributed by atoms with Crippen molar-refractivity contribution in [2.45, 2.75) is 36.5 Å². The Labute approximate surface area is 183 Å². The number of fused-ring (bicyclic) bond motifs is 1. The molecular formula is C24H28N2O4S. The number of anilines is 1. The minimum atomic E-state index is -3.76. The van der Waals surface area contributed by atoms with Gasteiger partial charge in [-0.2, -0.15) is 0 Å². The molecule has 4 rings (SSSR count). The normalized spacial score (nSPS) is 17.0. The fourth-order valence-corrected chi connectivity index (χ4v) is 5.68. The molecule has 1 unspecified atom stereocenters. The molecule has 31 heavy (non-hydrogen) atoms. The number of aromatic nitrogens is 1. The van der Waals surface area contributed by atoms with Crippen LogP contribution in [0.15, 0.2) is 52.4 Å². The highest BCUT2D eigenvalue weighted by Crippen LogP contribution is 2.41. The SMILES string of the molecule is COc1cc2ncc(S(=O)(=O)c3ccc(C)cc3)c(N3CCCC(C)C3)c2cc1OC. The molecule has 0 saturated carbocycles. The van der Waals surface area contributed by atoms with Crippen molar-refractivity contribution in [2.24, 2.45) is 5.92 Å². The number of nitrogens with zero attached hydrogens (tertiary/aromatic N) is 2.